The molecule has 0 saturated carbocycles. The predicted octanol–water partition coefficient (Wildman–Crippen LogP) is 1.88. The van der Waals surface area contributed by atoms with Crippen LogP contribution in [0.1, 0.15) is 11.6 Å². The molecule has 0 saturated heterocycles. The lowest BCUT2D eigenvalue weighted by Gasteiger charge is -2.23. The Bertz CT molecular complexity index is 777. The number of nitrogens with zero attached hydrogens (tertiary/aromatic N) is 1. The molecule has 0 radical (unpaired) electrons. The van der Waals surface area contributed by atoms with Gasteiger partial charge in [-0.05, 0) is 48.6 Å². The summed E-state index contributed by atoms with van der Waals surface area (Å²) >= 11 is 1.60. The maximum Gasteiger partial charge on any atom is 0.313 e. The van der Waals surface area contributed by atoms with Crippen molar-refractivity contribution in [3.8, 4) is 11.5 Å². The van der Waals surface area contributed by atoms with E-state index in [2.05, 4.69) is 10.6 Å². The highest BCUT2D eigenvalue weighted by atomic mass is 32.1. The first-order chi connectivity index (χ1) is 12.5. The SMILES string of the molecule is CN(C)C(CNC(=O)C(=O)Nc1ccc2c(c1)OCCO2)c1ccsc1. The van der Waals surface area contributed by atoms with E-state index >= 15 is 0 Å². The Hall–Kier alpha value is -2.58. The van der Waals surface area contributed by atoms with Crippen LogP contribution in [-0.2, 0) is 9.59 Å². The molecule has 2 heterocycles. The summed E-state index contributed by atoms with van der Waals surface area (Å²) in [7, 11) is 3.87. The van der Waals surface area contributed by atoms with Gasteiger partial charge in [-0.15, -0.1) is 0 Å². The summed E-state index contributed by atoms with van der Waals surface area (Å²) in [5.41, 5.74) is 1.59. The third-order valence-corrected chi connectivity index (χ3v) is 4.72. The highest BCUT2D eigenvalue weighted by molar-refractivity contribution is 7.08. The fourth-order valence-corrected chi connectivity index (χ4v) is 3.35. The van der Waals surface area contributed by atoms with Crippen LogP contribution in [0.2, 0.25) is 0 Å². The van der Waals surface area contributed by atoms with E-state index < -0.39 is 11.8 Å². The molecular formula is C18H21N3O4S. The van der Waals surface area contributed by atoms with Gasteiger partial charge < -0.3 is 25.0 Å². The van der Waals surface area contributed by atoms with Gasteiger partial charge in [-0.2, -0.15) is 11.3 Å². The van der Waals surface area contributed by atoms with Crippen molar-refractivity contribution >= 4 is 28.8 Å². The molecule has 0 bridgehead atoms. The number of hydrogen-bond acceptors (Lipinski definition) is 6. The molecule has 2 amide bonds. The zero-order valence-corrected chi connectivity index (χ0v) is 15.5. The third kappa shape index (κ3) is 4.33. The monoisotopic (exact) mass is 375 g/mol. The molecule has 0 spiro atoms. The second-order valence-electron chi connectivity index (χ2n) is 6.06. The fourth-order valence-electron chi connectivity index (χ4n) is 2.64. The van der Waals surface area contributed by atoms with E-state index in [1.165, 1.54) is 0 Å². The van der Waals surface area contributed by atoms with Crippen molar-refractivity contribution in [1.29, 1.82) is 0 Å². The number of nitrogens with one attached hydrogen (secondary N) is 2. The van der Waals surface area contributed by atoms with Gasteiger partial charge >= 0.3 is 11.8 Å². The van der Waals surface area contributed by atoms with Crippen LogP contribution in [0.3, 0.4) is 0 Å². The molecule has 1 aliphatic heterocycles. The summed E-state index contributed by atoms with van der Waals surface area (Å²) in [4.78, 5) is 26.3. The van der Waals surface area contributed by atoms with E-state index in [0.717, 1.165) is 5.56 Å². The van der Waals surface area contributed by atoms with Crippen LogP contribution < -0.4 is 20.1 Å². The summed E-state index contributed by atoms with van der Waals surface area (Å²) in [5, 5.41) is 9.29. The second-order valence-corrected chi connectivity index (χ2v) is 6.84. The van der Waals surface area contributed by atoms with E-state index in [1.54, 1.807) is 29.5 Å². The van der Waals surface area contributed by atoms with E-state index in [4.69, 9.17) is 9.47 Å². The molecule has 1 aromatic carbocycles. The summed E-state index contributed by atoms with van der Waals surface area (Å²) in [5.74, 6) is -0.214. The highest BCUT2D eigenvalue weighted by Crippen LogP contribution is 2.32. The van der Waals surface area contributed by atoms with Crippen molar-refractivity contribution in [1.82, 2.24) is 10.2 Å². The van der Waals surface area contributed by atoms with E-state index in [-0.39, 0.29) is 6.04 Å². The van der Waals surface area contributed by atoms with Crippen molar-refractivity contribution in [2.75, 3.05) is 39.2 Å². The number of thiophene rings is 1. The van der Waals surface area contributed by atoms with E-state index in [1.807, 2.05) is 35.8 Å². The Kier molecular flexibility index (Phi) is 5.75. The lowest BCUT2D eigenvalue weighted by atomic mass is 10.1. The Morgan fingerprint density at radius 2 is 1.92 bits per heavy atom. The Labute approximate surface area is 155 Å². The first-order valence-electron chi connectivity index (χ1n) is 8.22. The van der Waals surface area contributed by atoms with Crippen molar-refractivity contribution in [3.05, 3.63) is 40.6 Å². The number of hydrogen-bond donors (Lipinski definition) is 2. The third-order valence-electron chi connectivity index (χ3n) is 4.01. The van der Waals surface area contributed by atoms with Gasteiger partial charge in [0.15, 0.2) is 11.5 Å². The van der Waals surface area contributed by atoms with Crippen molar-refractivity contribution in [2.24, 2.45) is 0 Å². The largest absolute Gasteiger partial charge is 0.486 e. The number of ether oxygens (including phenoxy) is 2. The number of likely N-dealkylation sites (N-methyl/N-ethyl adjacent to an activating group) is 1. The second kappa shape index (κ2) is 8.20. The van der Waals surface area contributed by atoms with Crippen LogP contribution in [0.5, 0.6) is 11.5 Å². The van der Waals surface area contributed by atoms with Crippen LogP contribution >= 0.6 is 11.3 Å². The molecule has 26 heavy (non-hydrogen) atoms. The molecule has 2 aromatic rings. The molecule has 1 atom stereocenters. The summed E-state index contributed by atoms with van der Waals surface area (Å²) in [6.45, 7) is 1.30. The number of fused-ring (bicyclic) bond motifs is 1. The minimum Gasteiger partial charge on any atom is -0.486 e. The molecular weight excluding hydrogens is 354 g/mol. The smallest absolute Gasteiger partial charge is 0.313 e. The summed E-state index contributed by atoms with van der Waals surface area (Å²) in [6.07, 6.45) is 0. The minimum absolute atomic E-state index is 0.00675. The average Bonchev–Trinajstić information content (AvgIpc) is 3.15. The van der Waals surface area contributed by atoms with Gasteiger partial charge in [-0.1, -0.05) is 0 Å². The summed E-state index contributed by atoms with van der Waals surface area (Å²) < 4.78 is 10.9. The number of carbonyl (C=O) groups excluding carboxylic acids is 2. The number of anilines is 1. The number of amides is 2. The van der Waals surface area contributed by atoms with Crippen LogP contribution in [0.15, 0.2) is 35.0 Å². The number of carbonyl (C=O) groups is 2. The van der Waals surface area contributed by atoms with Crippen LogP contribution in [0.25, 0.3) is 0 Å². The number of benzene rings is 1. The predicted molar refractivity (Wildman–Crippen MR) is 99.8 cm³/mol. The summed E-state index contributed by atoms with van der Waals surface area (Å²) in [6, 6.07) is 7.05. The Morgan fingerprint density at radius 1 is 1.15 bits per heavy atom. The average molecular weight is 375 g/mol. The van der Waals surface area contributed by atoms with Gasteiger partial charge in [0.05, 0.1) is 6.04 Å². The molecule has 138 valence electrons. The molecule has 0 fully saturated rings. The van der Waals surface area contributed by atoms with Gasteiger partial charge in [-0.3, -0.25) is 9.59 Å². The topological polar surface area (TPSA) is 79.9 Å². The molecule has 0 aliphatic carbocycles. The zero-order valence-electron chi connectivity index (χ0n) is 14.7. The maximum atomic E-state index is 12.1. The standard InChI is InChI=1S/C18H21N3O4S/c1-21(2)14(12-5-8-26-11-12)10-19-17(22)18(23)20-13-3-4-15-16(9-13)25-7-6-24-15/h3-5,8-9,11,14H,6-7,10H2,1-2H3,(H,19,22)(H,20,23). The molecule has 8 heteroatoms. The molecule has 1 aliphatic rings. The van der Waals surface area contributed by atoms with Gasteiger partial charge in [0.25, 0.3) is 0 Å². The zero-order chi connectivity index (χ0) is 18.5. The lowest BCUT2D eigenvalue weighted by Crippen LogP contribution is -2.40. The first kappa shape index (κ1) is 18.2. The number of rotatable bonds is 5. The van der Waals surface area contributed by atoms with Crippen molar-refractivity contribution < 1.29 is 19.1 Å². The highest BCUT2D eigenvalue weighted by Gasteiger charge is 2.20. The molecule has 7 nitrogen and oxygen atoms in total. The van der Waals surface area contributed by atoms with Gasteiger partial charge in [0.1, 0.15) is 13.2 Å². The molecule has 3 rings (SSSR count). The van der Waals surface area contributed by atoms with E-state index in [0.29, 0.717) is 36.9 Å². The molecule has 2 N–H and O–H groups in total. The van der Waals surface area contributed by atoms with Crippen LogP contribution in [-0.4, -0.2) is 50.6 Å². The molecule has 1 unspecified atom stereocenters. The lowest BCUT2D eigenvalue weighted by molar-refractivity contribution is -0.136. The molecule has 1 aromatic heterocycles. The van der Waals surface area contributed by atoms with Crippen molar-refractivity contribution in [2.45, 2.75) is 6.04 Å². The normalized spacial score (nSPS) is 14.0. The van der Waals surface area contributed by atoms with Gasteiger partial charge in [0.2, 0.25) is 0 Å². The quantitative estimate of drug-likeness (QED) is 0.780. The minimum atomic E-state index is -0.718. The van der Waals surface area contributed by atoms with Crippen molar-refractivity contribution in [3.63, 3.8) is 0 Å². The van der Waals surface area contributed by atoms with Crippen LogP contribution in [0.4, 0.5) is 5.69 Å². The van der Waals surface area contributed by atoms with E-state index in [9.17, 15) is 9.59 Å². The van der Waals surface area contributed by atoms with Gasteiger partial charge in [0, 0.05) is 18.3 Å². The fraction of sp³-hybridized carbons (Fsp3) is 0.333. The van der Waals surface area contributed by atoms with Crippen LogP contribution in [0, 0.1) is 0 Å². The first-order valence-corrected chi connectivity index (χ1v) is 9.16. The van der Waals surface area contributed by atoms with Gasteiger partial charge in [-0.25, -0.2) is 0 Å². The maximum absolute atomic E-state index is 12.1. The Morgan fingerprint density at radius 3 is 2.62 bits per heavy atom. The Balaban J connectivity index is 1.57.